The van der Waals surface area contributed by atoms with Crippen molar-refractivity contribution < 1.29 is 33.8 Å². The number of likely N-dealkylation sites (tertiary alicyclic amines) is 1. The number of thioether (sulfide) groups is 1. The topological polar surface area (TPSA) is 141 Å². The number of nitrogens with zero attached hydrogens (tertiary/aromatic N) is 3. The van der Waals surface area contributed by atoms with Gasteiger partial charge in [-0.1, -0.05) is 78.0 Å². The Kier molecular flexibility index (Phi) is 19.9. The van der Waals surface area contributed by atoms with Gasteiger partial charge in [0.05, 0.1) is 55.3 Å². The van der Waals surface area contributed by atoms with E-state index in [0.717, 1.165) is 30.7 Å². The van der Waals surface area contributed by atoms with Crippen LogP contribution in [0.3, 0.4) is 0 Å². The van der Waals surface area contributed by atoms with Crippen molar-refractivity contribution in [2.24, 2.45) is 17.8 Å². The van der Waals surface area contributed by atoms with Crippen LogP contribution in [0.5, 0.6) is 0 Å². The first-order chi connectivity index (χ1) is 25.1. The number of aliphatic hydroxyl groups is 1. The first kappa shape index (κ1) is 46.0. The molecule has 1 aliphatic rings. The van der Waals surface area contributed by atoms with Crippen LogP contribution in [0.25, 0.3) is 0 Å². The highest BCUT2D eigenvalue weighted by atomic mass is 32.2. The largest absolute Gasteiger partial charge is 0.511 e. The Bertz CT molecular complexity index is 1320. The molecule has 2 rings (SSSR count). The monoisotopic (exact) mass is 761 g/mol. The Labute approximate surface area is 322 Å². The Morgan fingerprint density at radius 2 is 1.72 bits per heavy atom. The van der Waals surface area contributed by atoms with Gasteiger partial charge in [0.25, 0.3) is 0 Å². The first-order valence-corrected chi connectivity index (χ1v) is 20.3. The molecule has 1 fully saturated rings. The summed E-state index contributed by atoms with van der Waals surface area (Å²) in [6.45, 7) is 14.6. The molecule has 1 aliphatic heterocycles. The Morgan fingerprint density at radius 1 is 1.06 bits per heavy atom. The van der Waals surface area contributed by atoms with Crippen LogP contribution in [0.2, 0.25) is 0 Å². The van der Waals surface area contributed by atoms with Crippen molar-refractivity contribution in [3.05, 3.63) is 48.2 Å². The van der Waals surface area contributed by atoms with E-state index >= 15 is 0 Å². The van der Waals surface area contributed by atoms with Crippen molar-refractivity contribution in [2.75, 3.05) is 60.0 Å². The first-order valence-electron chi connectivity index (χ1n) is 18.9. The summed E-state index contributed by atoms with van der Waals surface area (Å²) in [5, 5.41) is 16.1. The standard InChI is InChI=1S/C40H67N5O7S/c1-12-27(4)37(44(8)35(48)25-41-40(50)36(26(2)3)43(7)21-22-53-11)33(51-9)24-34(47)45-20-16-19-32(45)38(52-10)28(5)39(49)42-31(29(6)46)23-30-17-14-13-15-18-30/h13-15,17-18,26-28,31-33,36-38,46H,6,12,16,19-25H2,1-5,7-11H3,(H,41,50)(H,42,49). The van der Waals surface area contributed by atoms with Crippen molar-refractivity contribution in [3.63, 3.8) is 0 Å². The van der Waals surface area contributed by atoms with E-state index in [1.165, 1.54) is 0 Å². The summed E-state index contributed by atoms with van der Waals surface area (Å²) in [5.74, 6) is -0.717. The zero-order chi connectivity index (χ0) is 39.8. The Hall–Kier alpha value is -3.13. The SMILES string of the molecule is C=C(O)C(Cc1ccccc1)NC(=O)C(C)C(OC)C1CCCN1C(=O)CC(OC)C(C(C)CC)N(C)C(=O)CNC(=O)C(C(C)C)N(C)CCSC. The highest BCUT2D eigenvalue weighted by molar-refractivity contribution is 7.98. The normalized spacial score (nSPS) is 18.5. The van der Waals surface area contributed by atoms with Crippen LogP contribution in [-0.4, -0.2) is 140 Å². The second kappa shape index (κ2) is 22.9. The van der Waals surface area contributed by atoms with Gasteiger partial charge in [-0.25, -0.2) is 0 Å². The van der Waals surface area contributed by atoms with Crippen molar-refractivity contribution >= 4 is 35.4 Å². The minimum atomic E-state index is -0.679. The van der Waals surface area contributed by atoms with Gasteiger partial charge in [-0.15, -0.1) is 0 Å². The van der Waals surface area contributed by atoms with Crippen LogP contribution in [0.1, 0.15) is 65.9 Å². The van der Waals surface area contributed by atoms with Gasteiger partial charge in [0.15, 0.2) is 0 Å². The predicted molar refractivity (Wildman–Crippen MR) is 213 cm³/mol. The fourth-order valence-corrected chi connectivity index (χ4v) is 7.98. The molecule has 1 aromatic carbocycles. The molecule has 13 heteroatoms. The maximum atomic E-state index is 14.1. The summed E-state index contributed by atoms with van der Waals surface area (Å²) in [6, 6.07) is 7.72. The molecular weight excluding hydrogens is 695 g/mol. The second-order valence-corrected chi connectivity index (χ2v) is 15.8. The maximum absolute atomic E-state index is 14.1. The van der Waals surface area contributed by atoms with Gasteiger partial charge >= 0.3 is 0 Å². The molecule has 0 radical (unpaired) electrons. The lowest BCUT2D eigenvalue weighted by atomic mass is 9.90. The van der Waals surface area contributed by atoms with E-state index < -0.39 is 30.2 Å². The van der Waals surface area contributed by atoms with E-state index in [9.17, 15) is 24.3 Å². The summed E-state index contributed by atoms with van der Waals surface area (Å²) in [4.78, 5) is 59.9. The van der Waals surface area contributed by atoms with Crippen LogP contribution >= 0.6 is 11.8 Å². The number of carbonyl (C=O) groups excluding carboxylic acids is 4. The summed E-state index contributed by atoms with van der Waals surface area (Å²) < 4.78 is 11.9. The average molecular weight is 762 g/mol. The minimum absolute atomic E-state index is 0.00610. The van der Waals surface area contributed by atoms with E-state index in [1.807, 2.05) is 76.2 Å². The van der Waals surface area contributed by atoms with Gasteiger partial charge in [0, 0.05) is 40.1 Å². The molecule has 0 bridgehead atoms. The van der Waals surface area contributed by atoms with E-state index in [2.05, 4.69) is 17.2 Å². The van der Waals surface area contributed by atoms with Crippen molar-refractivity contribution in [1.82, 2.24) is 25.3 Å². The number of methoxy groups -OCH3 is 2. The highest BCUT2D eigenvalue weighted by Crippen LogP contribution is 2.29. The summed E-state index contributed by atoms with van der Waals surface area (Å²) in [7, 11) is 6.74. The fraction of sp³-hybridized carbons (Fsp3) is 0.700. The van der Waals surface area contributed by atoms with Crippen LogP contribution < -0.4 is 10.6 Å². The van der Waals surface area contributed by atoms with Gasteiger partial charge < -0.3 is 35.0 Å². The number of hydrogen-bond acceptors (Lipinski definition) is 9. The van der Waals surface area contributed by atoms with Crippen LogP contribution in [0, 0.1) is 17.8 Å². The number of ether oxygens (including phenoxy) is 2. The number of likely N-dealkylation sites (N-methyl/N-ethyl adjacent to an activating group) is 2. The number of amides is 4. The molecule has 4 amide bonds. The van der Waals surface area contributed by atoms with Gasteiger partial charge in [-0.2, -0.15) is 11.8 Å². The van der Waals surface area contributed by atoms with Crippen LogP contribution in [-0.2, 0) is 35.1 Å². The molecule has 300 valence electrons. The molecular formula is C40H67N5O7S. The molecule has 12 nitrogen and oxygen atoms in total. The molecule has 3 N–H and O–H groups in total. The summed E-state index contributed by atoms with van der Waals surface area (Å²) >= 11 is 1.72. The third-order valence-corrected chi connectivity index (χ3v) is 11.3. The molecule has 0 saturated carbocycles. The number of nitrogens with one attached hydrogen (secondary N) is 2. The Morgan fingerprint density at radius 3 is 2.26 bits per heavy atom. The van der Waals surface area contributed by atoms with Crippen LogP contribution in [0.4, 0.5) is 0 Å². The van der Waals surface area contributed by atoms with Gasteiger partial charge in [0.2, 0.25) is 23.6 Å². The third-order valence-electron chi connectivity index (χ3n) is 10.7. The number of benzene rings is 1. The molecule has 0 spiro atoms. The lowest BCUT2D eigenvalue weighted by molar-refractivity contribution is -0.146. The number of aliphatic hydroxyl groups excluding tert-OH is 1. The molecule has 1 heterocycles. The molecule has 8 atom stereocenters. The highest BCUT2D eigenvalue weighted by Gasteiger charge is 2.42. The van der Waals surface area contributed by atoms with Crippen molar-refractivity contribution in [3.8, 4) is 0 Å². The predicted octanol–water partition coefficient (Wildman–Crippen LogP) is 4.14. The van der Waals surface area contributed by atoms with Crippen LogP contribution in [0.15, 0.2) is 42.7 Å². The van der Waals surface area contributed by atoms with Crippen molar-refractivity contribution in [2.45, 2.75) is 103 Å². The fourth-order valence-electron chi connectivity index (χ4n) is 7.51. The lowest BCUT2D eigenvalue weighted by Crippen LogP contribution is -2.55. The van der Waals surface area contributed by atoms with E-state index in [-0.39, 0.29) is 66.3 Å². The molecule has 8 unspecified atom stereocenters. The summed E-state index contributed by atoms with van der Waals surface area (Å²) in [5.41, 5.74) is 0.946. The molecule has 0 aromatic heterocycles. The molecule has 0 aliphatic carbocycles. The average Bonchev–Trinajstić information content (AvgIpc) is 3.62. The Balaban J connectivity index is 2.16. The zero-order valence-electron chi connectivity index (χ0n) is 33.8. The van der Waals surface area contributed by atoms with Crippen molar-refractivity contribution in [1.29, 1.82) is 0 Å². The number of rotatable bonds is 23. The summed E-state index contributed by atoms with van der Waals surface area (Å²) in [6.07, 6.45) is 3.40. The number of hydrogen-bond donors (Lipinski definition) is 3. The van der Waals surface area contributed by atoms with Gasteiger partial charge in [-0.05, 0) is 50.0 Å². The maximum Gasteiger partial charge on any atom is 0.242 e. The smallest absolute Gasteiger partial charge is 0.242 e. The molecule has 1 aromatic rings. The van der Waals surface area contributed by atoms with Gasteiger partial charge in [-0.3, -0.25) is 24.1 Å². The minimum Gasteiger partial charge on any atom is -0.511 e. The van der Waals surface area contributed by atoms with E-state index in [4.69, 9.17) is 9.47 Å². The van der Waals surface area contributed by atoms with E-state index in [1.54, 1.807) is 49.8 Å². The number of carbonyl (C=O) groups is 4. The van der Waals surface area contributed by atoms with E-state index in [0.29, 0.717) is 19.4 Å². The lowest BCUT2D eigenvalue weighted by Gasteiger charge is -2.39. The molecule has 1 saturated heterocycles. The molecule has 53 heavy (non-hydrogen) atoms. The quantitative estimate of drug-likeness (QED) is 0.141. The third kappa shape index (κ3) is 13.3. The van der Waals surface area contributed by atoms with Gasteiger partial charge in [0.1, 0.15) is 5.76 Å². The zero-order valence-corrected chi connectivity index (χ0v) is 34.6. The second-order valence-electron chi connectivity index (χ2n) is 14.8.